The SMILES string of the molecule is CCOC(=O)CC(=O)c1ccc(S(=O)(=O)N(C)C)cc1. The molecule has 0 radical (unpaired) electrons. The smallest absolute Gasteiger partial charge is 0.313 e. The highest BCUT2D eigenvalue weighted by Crippen LogP contribution is 2.15. The molecule has 0 spiro atoms. The van der Waals surface area contributed by atoms with Gasteiger partial charge in [0.25, 0.3) is 0 Å². The summed E-state index contributed by atoms with van der Waals surface area (Å²) < 4.78 is 29.5. The zero-order chi connectivity index (χ0) is 15.3. The molecule has 0 atom stereocenters. The first-order chi connectivity index (χ1) is 9.28. The Morgan fingerprint density at radius 1 is 1.15 bits per heavy atom. The number of esters is 1. The van der Waals surface area contributed by atoms with E-state index in [1.165, 1.54) is 38.4 Å². The minimum atomic E-state index is -3.52. The average Bonchev–Trinajstić information content (AvgIpc) is 2.38. The highest BCUT2D eigenvalue weighted by atomic mass is 32.2. The van der Waals surface area contributed by atoms with Crippen LogP contribution in [0.2, 0.25) is 0 Å². The van der Waals surface area contributed by atoms with Crippen molar-refractivity contribution in [2.75, 3.05) is 20.7 Å². The van der Waals surface area contributed by atoms with Crippen molar-refractivity contribution in [2.24, 2.45) is 0 Å². The van der Waals surface area contributed by atoms with Crippen molar-refractivity contribution < 1.29 is 22.7 Å². The Kier molecular flexibility index (Phi) is 5.41. The van der Waals surface area contributed by atoms with Gasteiger partial charge in [-0.1, -0.05) is 12.1 Å². The van der Waals surface area contributed by atoms with Crippen molar-refractivity contribution >= 4 is 21.8 Å². The fourth-order valence-electron chi connectivity index (χ4n) is 1.47. The van der Waals surface area contributed by atoms with E-state index < -0.39 is 21.8 Å². The Morgan fingerprint density at radius 2 is 1.70 bits per heavy atom. The van der Waals surface area contributed by atoms with E-state index in [2.05, 4.69) is 4.74 Å². The van der Waals surface area contributed by atoms with Crippen molar-refractivity contribution in [2.45, 2.75) is 18.2 Å². The zero-order valence-electron chi connectivity index (χ0n) is 11.6. The molecule has 1 aromatic rings. The number of carbonyl (C=O) groups is 2. The Balaban J connectivity index is 2.87. The van der Waals surface area contributed by atoms with Crippen LogP contribution in [0.25, 0.3) is 0 Å². The molecular formula is C13H17NO5S. The molecule has 20 heavy (non-hydrogen) atoms. The van der Waals surface area contributed by atoms with Gasteiger partial charge >= 0.3 is 5.97 Å². The van der Waals surface area contributed by atoms with Crippen LogP contribution in [0.5, 0.6) is 0 Å². The third kappa shape index (κ3) is 3.88. The van der Waals surface area contributed by atoms with Gasteiger partial charge in [0.2, 0.25) is 10.0 Å². The van der Waals surface area contributed by atoms with Crippen LogP contribution >= 0.6 is 0 Å². The normalized spacial score (nSPS) is 11.4. The number of carbonyl (C=O) groups excluding carboxylic acids is 2. The molecule has 0 heterocycles. The molecule has 0 saturated carbocycles. The number of hydrogen-bond acceptors (Lipinski definition) is 5. The van der Waals surface area contributed by atoms with Gasteiger partial charge in [-0.2, -0.15) is 0 Å². The van der Waals surface area contributed by atoms with E-state index in [9.17, 15) is 18.0 Å². The Hall–Kier alpha value is -1.73. The Labute approximate surface area is 118 Å². The molecule has 0 aliphatic heterocycles. The van der Waals surface area contributed by atoms with Crippen molar-refractivity contribution in [3.05, 3.63) is 29.8 Å². The Bertz CT molecular complexity index is 590. The summed E-state index contributed by atoms with van der Waals surface area (Å²) in [6.07, 6.45) is -0.354. The summed E-state index contributed by atoms with van der Waals surface area (Å²) in [5, 5.41) is 0. The minimum Gasteiger partial charge on any atom is -0.466 e. The third-order valence-corrected chi connectivity index (χ3v) is 4.39. The molecule has 0 aliphatic rings. The summed E-state index contributed by atoms with van der Waals surface area (Å²) in [5.41, 5.74) is 0.274. The van der Waals surface area contributed by atoms with Gasteiger partial charge in [-0.05, 0) is 19.1 Å². The largest absolute Gasteiger partial charge is 0.466 e. The lowest BCUT2D eigenvalue weighted by molar-refractivity contribution is -0.141. The molecule has 0 saturated heterocycles. The average molecular weight is 299 g/mol. The maximum atomic E-state index is 11.8. The predicted octanol–water partition coefficient (Wildman–Crippen LogP) is 1.07. The summed E-state index contributed by atoms with van der Waals surface area (Å²) in [6.45, 7) is 1.87. The molecule has 110 valence electrons. The number of Topliss-reactive ketones (excluding diaryl/α,β-unsaturated/α-hetero) is 1. The van der Waals surface area contributed by atoms with E-state index in [0.29, 0.717) is 0 Å². The van der Waals surface area contributed by atoms with Crippen LogP contribution in [0.1, 0.15) is 23.7 Å². The number of hydrogen-bond donors (Lipinski definition) is 0. The molecule has 0 fully saturated rings. The van der Waals surface area contributed by atoms with Crippen molar-refractivity contribution in [1.82, 2.24) is 4.31 Å². The Morgan fingerprint density at radius 3 is 2.15 bits per heavy atom. The molecule has 6 nitrogen and oxygen atoms in total. The van der Waals surface area contributed by atoms with Crippen LogP contribution in [0.4, 0.5) is 0 Å². The van der Waals surface area contributed by atoms with E-state index in [0.717, 1.165) is 4.31 Å². The van der Waals surface area contributed by atoms with Crippen LogP contribution in [-0.2, 0) is 19.6 Å². The molecule has 1 rings (SSSR count). The van der Waals surface area contributed by atoms with Crippen LogP contribution in [0, 0.1) is 0 Å². The lowest BCUT2D eigenvalue weighted by Gasteiger charge is -2.11. The molecule has 0 aliphatic carbocycles. The van der Waals surface area contributed by atoms with Crippen molar-refractivity contribution in [3.8, 4) is 0 Å². The third-order valence-electron chi connectivity index (χ3n) is 2.57. The molecule has 0 unspecified atom stereocenters. The first-order valence-corrected chi connectivity index (χ1v) is 7.44. The second-order valence-corrected chi connectivity index (χ2v) is 6.37. The molecule has 0 aromatic heterocycles. The summed E-state index contributed by atoms with van der Waals surface area (Å²) in [6, 6.07) is 5.46. The van der Waals surface area contributed by atoms with E-state index in [1.807, 2.05) is 0 Å². The number of rotatable bonds is 6. The molecule has 1 aromatic carbocycles. The predicted molar refractivity (Wildman–Crippen MR) is 72.9 cm³/mol. The second kappa shape index (κ2) is 6.62. The highest BCUT2D eigenvalue weighted by molar-refractivity contribution is 7.89. The number of sulfonamides is 1. The maximum Gasteiger partial charge on any atom is 0.313 e. The van der Waals surface area contributed by atoms with Crippen molar-refractivity contribution in [1.29, 1.82) is 0 Å². The lowest BCUT2D eigenvalue weighted by atomic mass is 10.1. The van der Waals surface area contributed by atoms with Gasteiger partial charge in [0.15, 0.2) is 5.78 Å². The number of ketones is 1. The minimum absolute atomic E-state index is 0.0928. The topological polar surface area (TPSA) is 80.8 Å². The summed E-state index contributed by atoms with van der Waals surface area (Å²) in [4.78, 5) is 23.1. The molecule has 0 N–H and O–H groups in total. The van der Waals surface area contributed by atoms with E-state index in [4.69, 9.17) is 0 Å². The molecule has 0 amide bonds. The van der Waals surface area contributed by atoms with Gasteiger partial charge in [-0.15, -0.1) is 0 Å². The zero-order valence-corrected chi connectivity index (χ0v) is 12.4. The van der Waals surface area contributed by atoms with Gasteiger partial charge in [-0.25, -0.2) is 12.7 Å². The lowest BCUT2D eigenvalue weighted by Crippen LogP contribution is -2.22. The van der Waals surface area contributed by atoms with Crippen LogP contribution < -0.4 is 0 Å². The molecule has 0 bridgehead atoms. The van der Waals surface area contributed by atoms with Crippen LogP contribution in [-0.4, -0.2) is 45.2 Å². The van der Waals surface area contributed by atoms with Gasteiger partial charge in [0.05, 0.1) is 11.5 Å². The first-order valence-electron chi connectivity index (χ1n) is 6.00. The quantitative estimate of drug-likeness (QED) is 0.446. The van der Waals surface area contributed by atoms with E-state index in [-0.39, 0.29) is 23.5 Å². The summed E-state index contributed by atoms with van der Waals surface area (Å²) >= 11 is 0. The standard InChI is InChI=1S/C13H17NO5S/c1-4-19-13(16)9-12(15)10-5-7-11(8-6-10)20(17,18)14(2)3/h5-8H,4,9H2,1-3H3. The van der Waals surface area contributed by atoms with Crippen LogP contribution in [0.3, 0.4) is 0 Å². The fraction of sp³-hybridized carbons (Fsp3) is 0.385. The van der Waals surface area contributed by atoms with E-state index >= 15 is 0 Å². The summed E-state index contributed by atoms with van der Waals surface area (Å²) in [7, 11) is -0.669. The first kappa shape index (κ1) is 16.3. The van der Waals surface area contributed by atoms with Gasteiger partial charge in [0.1, 0.15) is 6.42 Å². The second-order valence-electron chi connectivity index (χ2n) is 4.22. The number of benzene rings is 1. The fourth-order valence-corrected chi connectivity index (χ4v) is 2.37. The highest BCUT2D eigenvalue weighted by Gasteiger charge is 2.18. The molecular weight excluding hydrogens is 282 g/mol. The van der Waals surface area contributed by atoms with Gasteiger partial charge in [0, 0.05) is 19.7 Å². The molecule has 7 heteroatoms. The van der Waals surface area contributed by atoms with Gasteiger partial charge in [-0.3, -0.25) is 9.59 Å². The number of ether oxygens (including phenoxy) is 1. The van der Waals surface area contributed by atoms with Gasteiger partial charge < -0.3 is 4.74 Å². The number of nitrogens with zero attached hydrogens (tertiary/aromatic N) is 1. The van der Waals surface area contributed by atoms with Crippen LogP contribution in [0.15, 0.2) is 29.2 Å². The monoisotopic (exact) mass is 299 g/mol. The maximum absolute atomic E-state index is 11.8. The van der Waals surface area contributed by atoms with Crippen molar-refractivity contribution in [3.63, 3.8) is 0 Å². The van der Waals surface area contributed by atoms with E-state index in [1.54, 1.807) is 6.92 Å². The summed E-state index contributed by atoms with van der Waals surface area (Å²) in [5.74, 6) is -1.00.